The Morgan fingerprint density at radius 3 is 2.41 bits per heavy atom. The van der Waals surface area contributed by atoms with E-state index in [-0.39, 0.29) is 42.0 Å². The van der Waals surface area contributed by atoms with Crippen LogP contribution in [0.25, 0.3) is 0 Å². The molecule has 1 aliphatic heterocycles. The minimum atomic E-state index is -3.12. The molecule has 2 aromatic rings. The van der Waals surface area contributed by atoms with Gasteiger partial charge in [-0.25, -0.2) is 8.42 Å². The number of carbonyl (C=O) groups is 1. The molecule has 1 aromatic carbocycles. The molecule has 1 fully saturated rings. The molecule has 0 N–H and O–H groups in total. The van der Waals surface area contributed by atoms with Crippen molar-refractivity contribution in [2.75, 3.05) is 18.1 Å². The first-order valence-electron chi connectivity index (χ1n) is 9.51. The Bertz CT molecular complexity index is 960. The maximum atomic E-state index is 12.9. The monoisotopic (exact) mass is 483 g/mol. The van der Waals surface area contributed by atoms with E-state index in [1.165, 1.54) is 5.56 Å². The third-order valence-electron chi connectivity index (χ3n) is 5.01. The van der Waals surface area contributed by atoms with E-state index in [9.17, 15) is 13.2 Å². The van der Waals surface area contributed by atoms with Crippen LogP contribution < -0.4 is 4.74 Å². The Hall–Kier alpha value is -1.80. The minimum absolute atomic E-state index is 0.0269. The van der Waals surface area contributed by atoms with Crippen LogP contribution in [0.3, 0.4) is 0 Å². The molecule has 1 atom stereocenters. The van der Waals surface area contributed by atoms with Crippen LogP contribution >= 0.6 is 15.9 Å². The van der Waals surface area contributed by atoms with Crippen molar-refractivity contribution >= 4 is 31.7 Å². The lowest BCUT2D eigenvalue weighted by molar-refractivity contribution is -0.136. The number of furan rings is 1. The van der Waals surface area contributed by atoms with Crippen molar-refractivity contribution < 1.29 is 22.4 Å². The maximum Gasteiger partial charge on any atom is 0.261 e. The van der Waals surface area contributed by atoms with Gasteiger partial charge in [0.05, 0.1) is 18.1 Å². The molecule has 1 unspecified atom stereocenters. The van der Waals surface area contributed by atoms with Crippen molar-refractivity contribution in [3.63, 3.8) is 0 Å². The van der Waals surface area contributed by atoms with Crippen LogP contribution in [0.4, 0.5) is 0 Å². The number of amides is 1. The summed E-state index contributed by atoms with van der Waals surface area (Å²) < 4.78 is 35.6. The van der Waals surface area contributed by atoms with Crippen molar-refractivity contribution in [2.24, 2.45) is 0 Å². The predicted octanol–water partition coefficient (Wildman–Crippen LogP) is 3.93. The smallest absolute Gasteiger partial charge is 0.261 e. The molecule has 3 rings (SSSR count). The summed E-state index contributed by atoms with van der Waals surface area (Å²) >= 11 is 3.25. The SMILES string of the molecule is CC(C)(C)c1ccc(OCC(=O)N(Cc2ccc(Br)o2)C2CCS(=O)(=O)C2)cc1. The highest BCUT2D eigenvalue weighted by atomic mass is 79.9. The largest absolute Gasteiger partial charge is 0.484 e. The summed E-state index contributed by atoms with van der Waals surface area (Å²) in [5, 5.41) is 0. The van der Waals surface area contributed by atoms with Gasteiger partial charge in [-0.2, -0.15) is 0 Å². The zero-order valence-corrected chi connectivity index (χ0v) is 19.3. The molecular weight excluding hydrogens is 458 g/mol. The number of rotatable bonds is 6. The van der Waals surface area contributed by atoms with Crippen LogP contribution in [0.15, 0.2) is 45.5 Å². The van der Waals surface area contributed by atoms with Crippen molar-refractivity contribution in [3.05, 3.63) is 52.4 Å². The van der Waals surface area contributed by atoms with Crippen LogP contribution in [0.5, 0.6) is 5.75 Å². The van der Waals surface area contributed by atoms with E-state index in [0.717, 1.165) is 0 Å². The molecule has 0 saturated carbocycles. The van der Waals surface area contributed by atoms with E-state index < -0.39 is 9.84 Å². The van der Waals surface area contributed by atoms with Gasteiger partial charge in [-0.3, -0.25) is 4.79 Å². The molecular formula is C21H26BrNO5S. The summed E-state index contributed by atoms with van der Waals surface area (Å²) in [7, 11) is -3.12. The lowest BCUT2D eigenvalue weighted by Gasteiger charge is -2.27. The fourth-order valence-corrected chi connectivity index (χ4v) is 5.40. The van der Waals surface area contributed by atoms with Gasteiger partial charge in [0.2, 0.25) is 0 Å². The van der Waals surface area contributed by atoms with Gasteiger partial charge in [0.15, 0.2) is 21.1 Å². The first kappa shape index (κ1) is 21.9. The second-order valence-corrected chi connectivity index (χ2v) is 11.4. The number of carbonyl (C=O) groups excluding carboxylic acids is 1. The highest BCUT2D eigenvalue weighted by Crippen LogP contribution is 2.25. The molecule has 158 valence electrons. The third kappa shape index (κ3) is 5.85. The number of sulfone groups is 1. The predicted molar refractivity (Wildman–Crippen MR) is 115 cm³/mol. The average molecular weight is 484 g/mol. The second kappa shape index (κ2) is 8.52. The number of nitrogens with zero attached hydrogens (tertiary/aromatic N) is 1. The molecule has 1 amide bonds. The summed E-state index contributed by atoms with van der Waals surface area (Å²) in [6.07, 6.45) is 0.427. The number of hydrogen-bond donors (Lipinski definition) is 0. The Labute approximate surface area is 180 Å². The summed E-state index contributed by atoms with van der Waals surface area (Å²) in [6.45, 7) is 6.44. The first-order chi connectivity index (χ1) is 13.5. The summed E-state index contributed by atoms with van der Waals surface area (Å²) in [5.41, 5.74) is 1.22. The van der Waals surface area contributed by atoms with Crippen molar-refractivity contribution in [1.29, 1.82) is 0 Å². The second-order valence-electron chi connectivity index (χ2n) is 8.35. The first-order valence-corrected chi connectivity index (χ1v) is 12.1. The Morgan fingerprint density at radius 2 is 1.90 bits per heavy atom. The Kier molecular flexibility index (Phi) is 6.43. The van der Waals surface area contributed by atoms with Gasteiger partial charge < -0.3 is 14.1 Å². The van der Waals surface area contributed by atoms with Crippen LogP contribution in [0, 0.1) is 0 Å². The third-order valence-corrected chi connectivity index (χ3v) is 7.18. The highest BCUT2D eigenvalue weighted by molar-refractivity contribution is 9.10. The zero-order chi connectivity index (χ0) is 21.2. The number of ether oxygens (including phenoxy) is 1. The van der Waals surface area contributed by atoms with Crippen LogP contribution in [-0.4, -0.2) is 43.4 Å². The summed E-state index contributed by atoms with van der Waals surface area (Å²) in [5.74, 6) is 0.994. The minimum Gasteiger partial charge on any atom is -0.484 e. The number of benzene rings is 1. The van der Waals surface area contributed by atoms with Crippen molar-refractivity contribution in [1.82, 2.24) is 4.90 Å². The standard InChI is InChI=1S/C21H26BrNO5S/c1-21(2,3)15-4-6-17(7-5-15)27-13-20(24)23(12-18-8-9-19(22)28-18)16-10-11-29(25,26)14-16/h4-9,16H,10-14H2,1-3H3. The fourth-order valence-electron chi connectivity index (χ4n) is 3.33. The molecule has 8 heteroatoms. The Morgan fingerprint density at radius 1 is 1.21 bits per heavy atom. The molecule has 0 aliphatic carbocycles. The molecule has 0 radical (unpaired) electrons. The van der Waals surface area contributed by atoms with E-state index in [1.54, 1.807) is 17.0 Å². The zero-order valence-electron chi connectivity index (χ0n) is 16.9. The van der Waals surface area contributed by atoms with Crippen LogP contribution in [0.1, 0.15) is 38.5 Å². The van der Waals surface area contributed by atoms with Gasteiger partial charge in [0.25, 0.3) is 5.91 Å². The molecule has 1 aromatic heterocycles. The summed E-state index contributed by atoms with van der Waals surface area (Å²) in [6, 6.07) is 10.8. The van der Waals surface area contributed by atoms with E-state index in [1.807, 2.05) is 24.3 Å². The van der Waals surface area contributed by atoms with Crippen LogP contribution in [0.2, 0.25) is 0 Å². The molecule has 2 heterocycles. The molecule has 1 aliphatic rings. The molecule has 6 nitrogen and oxygen atoms in total. The van der Waals surface area contributed by atoms with Gasteiger partial charge in [-0.15, -0.1) is 0 Å². The highest BCUT2D eigenvalue weighted by Gasteiger charge is 2.35. The molecule has 0 spiro atoms. The number of hydrogen-bond acceptors (Lipinski definition) is 5. The van der Waals surface area contributed by atoms with Gasteiger partial charge in [0.1, 0.15) is 11.5 Å². The van der Waals surface area contributed by atoms with E-state index >= 15 is 0 Å². The van der Waals surface area contributed by atoms with Crippen LogP contribution in [-0.2, 0) is 26.6 Å². The van der Waals surface area contributed by atoms with Crippen molar-refractivity contribution in [3.8, 4) is 5.75 Å². The van der Waals surface area contributed by atoms with Gasteiger partial charge >= 0.3 is 0 Å². The Balaban J connectivity index is 1.69. The lowest BCUT2D eigenvalue weighted by atomic mass is 9.87. The lowest BCUT2D eigenvalue weighted by Crippen LogP contribution is -2.43. The van der Waals surface area contributed by atoms with Gasteiger partial charge in [-0.1, -0.05) is 32.9 Å². The average Bonchev–Trinajstić information content (AvgIpc) is 3.22. The van der Waals surface area contributed by atoms with E-state index in [0.29, 0.717) is 22.6 Å². The number of halogens is 1. The topological polar surface area (TPSA) is 76.8 Å². The van der Waals surface area contributed by atoms with Crippen molar-refractivity contribution in [2.45, 2.75) is 45.2 Å². The normalized spacial score (nSPS) is 18.6. The van der Waals surface area contributed by atoms with Gasteiger partial charge in [-0.05, 0) is 57.6 Å². The van der Waals surface area contributed by atoms with Gasteiger partial charge in [0, 0.05) is 6.04 Å². The maximum absolute atomic E-state index is 12.9. The van der Waals surface area contributed by atoms with E-state index in [4.69, 9.17) is 9.15 Å². The molecule has 29 heavy (non-hydrogen) atoms. The van der Waals surface area contributed by atoms with E-state index in [2.05, 4.69) is 36.7 Å². The molecule has 0 bridgehead atoms. The molecule has 1 saturated heterocycles. The summed E-state index contributed by atoms with van der Waals surface area (Å²) in [4.78, 5) is 14.5. The quantitative estimate of drug-likeness (QED) is 0.621. The fraction of sp³-hybridized carbons (Fsp3) is 0.476.